The first kappa shape index (κ1) is 18.9. The van der Waals surface area contributed by atoms with Crippen LogP contribution in [0.5, 0.6) is 0 Å². The van der Waals surface area contributed by atoms with E-state index in [4.69, 9.17) is 9.47 Å². The molecule has 6 aliphatic rings. The molecule has 0 aromatic rings. The Bertz CT molecular complexity index is 766. The van der Waals surface area contributed by atoms with Crippen LogP contribution in [0.15, 0.2) is 12.2 Å². The Kier molecular flexibility index (Phi) is 3.71. The Morgan fingerprint density at radius 2 is 1.72 bits per heavy atom. The van der Waals surface area contributed by atoms with Gasteiger partial charge in [-0.25, -0.2) is 0 Å². The number of carbonyl (C=O) groups is 1. The highest BCUT2D eigenvalue weighted by molar-refractivity contribution is 5.73. The fraction of sp³-hybridized carbons (Fsp3) is 0.885. The highest BCUT2D eigenvalue weighted by Gasteiger charge is 2.70. The molecule has 6 rings (SSSR count). The number of allylic oxidation sites excluding steroid dienone is 2. The van der Waals surface area contributed by atoms with Gasteiger partial charge in [0.25, 0.3) is 0 Å². The molecular weight excluding hydrogens is 360 g/mol. The van der Waals surface area contributed by atoms with E-state index in [-0.39, 0.29) is 41.0 Å². The fourth-order valence-electron chi connectivity index (χ4n) is 10.3. The number of esters is 1. The van der Waals surface area contributed by atoms with Crippen LogP contribution in [0, 0.1) is 63.6 Å². The van der Waals surface area contributed by atoms with E-state index in [1.165, 1.54) is 25.7 Å². The summed E-state index contributed by atoms with van der Waals surface area (Å²) in [4.78, 5) is 13.0. The Labute approximate surface area is 176 Å². The molecule has 0 radical (unpaired) electrons. The van der Waals surface area contributed by atoms with Gasteiger partial charge in [0.1, 0.15) is 0 Å². The zero-order chi connectivity index (χ0) is 20.3. The molecule has 0 spiro atoms. The molecule has 0 amide bonds. The van der Waals surface area contributed by atoms with Gasteiger partial charge in [-0.15, -0.1) is 0 Å². The summed E-state index contributed by atoms with van der Waals surface area (Å²) in [6.07, 6.45) is 11.2. The van der Waals surface area contributed by atoms with Gasteiger partial charge in [0.05, 0.1) is 12.0 Å². The molecule has 29 heavy (non-hydrogen) atoms. The zero-order valence-corrected chi connectivity index (χ0v) is 18.8. The average molecular weight is 399 g/mol. The summed E-state index contributed by atoms with van der Waals surface area (Å²) in [5.74, 6) is 5.31. The van der Waals surface area contributed by atoms with Gasteiger partial charge in [0, 0.05) is 0 Å². The van der Waals surface area contributed by atoms with Crippen molar-refractivity contribution in [3.8, 4) is 0 Å². The highest BCUT2D eigenvalue weighted by Crippen LogP contribution is 2.72. The van der Waals surface area contributed by atoms with Crippen molar-refractivity contribution < 1.29 is 14.3 Å². The summed E-state index contributed by atoms with van der Waals surface area (Å²) in [6.45, 7) is 12.1. The molecule has 3 heteroatoms. The average Bonchev–Trinajstić information content (AvgIpc) is 3.45. The predicted octanol–water partition coefficient (Wildman–Crippen LogP) is 5.45. The largest absolute Gasteiger partial charge is 0.438 e. The second-order valence-corrected chi connectivity index (χ2v) is 12.8. The van der Waals surface area contributed by atoms with Crippen LogP contribution in [-0.4, -0.2) is 18.9 Å². The zero-order valence-electron chi connectivity index (χ0n) is 18.8. The third-order valence-electron chi connectivity index (χ3n) is 11.5. The minimum absolute atomic E-state index is 0.0214. The first-order chi connectivity index (χ1) is 13.7. The molecule has 0 N–H and O–H groups in total. The summed E-state index contributed by atoms with van der Waals surface area (Å²) in [5, 5.41) is 0. The maximum Gasteiger partial charge on any atom is 0.311 e. The van der Waals surface area contributed by atoms with E-state index in [9.17, 15) is 4.79 Å². The summed E-state index contributed by atoms with van der Waals surface area (Å²) in [6, 6.07) is 0. The van der Waals surface area contributed by atoms with Crippen LogP contribution in [-0.2, 0) is 14.3 Å². The quantitative estimate of drug-likeness (QED) is 0.273. The van der Waals surface area contributed by atoms with E-state index < -0.39 is 0 Å². The molecule has 5 fully saturated rings. The second-order valence-electron chi connectivity index (χ2n) is 12.8. The van der Waals surface area contributed by atoms with Gasteiger partial charge >= 0.3 is 5.97 Å². The number of carbonyl (C=O) groups excluding carboxylic acids is 1. The first-order valence-corrected chi connectivity index (χ1v) is 12.1. The lowest BCUT2D eigenvalue weighted by atomic mass is 9.69. The standard InChI is InChI=1S/C26H38O3/c1-24(2)19-8-9-26(5,25(19,3)4)23(24)29-13-28-22(27)18-12-16-11-17(18)21-15-7-6-14(10-15)20(16)21/h6-7,14-21,23H,8-13H2,1-5H3. The predicted molar refractivity (Wildman–Crippen MR) is 112 cm³/mol. The molecule has 0 heterocycles. The van der Waals surface area contributed by atoms with Gasteiger partial charge in [-0.1, -0.05) is 46.8 Å². The Balaban J connectivity index is 1.10. The van der Waals surface area contributed by atoms with Crippen LogP contribution >= 0.6 is 0 Å². The lowest BCUT2D eigenvalue weighted by molar-refractivity contribution is -0.186. The highest BCUT2D eigenvalue weighted by atomic mass is 16.7. The summed E-state index contributed by atoms with van der Waals surface area (Å²) >= 11 is 0. The van der Waals surface area contributed by atoms with Crippen LogP contribution in [0.1, 0.15) is 66.7 Å². The Morgan fingerprint density at radius 3 is 2.41 bits per heavy atom. The number of hydrogen-bond donors (Lipinski definition) is 0. The monoisotopic (exact) mass is 398 g/mol. The van der Waals surface area contributed by atoms with Crippen molar-refractivity contribution in [2.24, 2.45) is 63.6 Å². The van der Waals surface area contributed by atoms with Crippen LogP contribution in [0.3, 0.4) is 0 Å². The number of fused-ring (bicyclic) bond motifs is 11. The summed E-state index contributed by atoms with van der Waals surface area (Å²) < 4.78 is 12.2. The molecule has 160 valence electrons. The second kappa shape index (κ2) is 5.69. The molecular formula is C26H38O3. The SMILES string of the molecule is CC1(C)C2CCC(C)(C1OCOC(=O)C1CC3CC1C1C4C=CC(C4)C31)C2(C)C. The van der Waals surface area contributed by atoms with Crippen LogP contribution in [0.2, 0.25) is 0 Å². The Morgan fingerprint density at radius 1 is 1.00 bits per heavy atom. The third kappa shape index (κ3) is 2.16. The molecule has 0 aromatic heterocycles. The molecule has 0 saturated heterocycles. The van der Waals surface area contributed by atoms with Crippen LogP contribution in [0.25, 0.3) is 0 Å². The van der Waals surface area contributed by atoms with Crippen molar-refractivity contribution in [1.82, 2.24) is 0 Å². The molecule has 10 atom stereocenters. The number of hydrogen-bond acceptors (Lipinski definition) is 3. The maximum atomic E-state index is 13.0. The first-order valence-electron chi connectivity index (χ1n) is 12.1. The molecule has 6 bridgehead atoms. The summed E-state index contributed by atoms with van der Waals surface area (Å²) in [5.41, 5.74) is 0.584. The van der Waals surface area contributed by atoms with E-state index in [0.29, 0.717) is 11.8 Å². The van der Waals surface area contributed by atoms with E-state index >= 15 is 0 Å². The van der Waals surface area contributed by atoms with E-state index in [1.807, 2.05) is 0 Å². The van der Waals surface area contributed by atoms with Gasteiger partial charge in [-0.3, -0.25) is 4.79 Å². The van der Waals surface area contributed by atoms with Crippen LogP contribution in [0.4, 0.5) is 0 Å². The van der Waals surface area contributed by atoms with Crippen molar-refractivity contribution in [1.29, 1.82) is 0 Å². The van der Waals surface area contributed by atoms with Crippen molar-refractivity contribution in [2.75, 3.05) is 6.79 Å². The molecule has 6 aliphatic carbocycles. The lowest BCUT2D eigenvalue weighted by Crippen LogP contribution is -2.44. The Hall–Kier alpha value is -0.830. The van der Waals surface area contributed by atoms with E-state index in [1.54, 1.807) is 0 Å². The van der Waals surface area contributed by atoms with Crippen molar-refractivity contribution in [3.05, 3.63) is 12.2 Å². The van der Waals surface area contributed by atoms with Gasteiger partial charge in [-0.05, 0) is 89.8 Å². The van der Waals surface area contributed by atoms with Crippen molar-refractivity contribution >= 4 is 5.97 Å². The van der Waals surface area contributed by atoms with E-state index in [2.05, 4.69) is 46.8 Å². The minimum atomic E-state index is 0.0214. The number of ether oxygens (including phenoxy) is 2. The van der Waals surface area contributed by atoms with Gasteiger partial charge in [-0.2, -0.15) is 0 Å². The van der Waals surface area contributed by atoms with E-state index in [0.717, 1.165) is 36.0 Å². The van der Waals surface area contributed by atoms with Crippen molar-refractivity contribution in [2.45, 2.75) is 72.8 Å². The smallest absolute Gasteiger partial charge is 0.311 e. The minimum Gasteiger partial charge on any atom is -0.438 e. The van der Waals surface area contributed by atoms with Gasteiger partial charge < -0.3 is 9.47 Å². The molecule has 3 nitrogen and oxygen atoms in total. The molecule has 10 unspecified atom stereocenters. The number of rotatable bonds is 4. The molecule has 5 saturated carbocycles. The molecule has 0 aliphatic heterocycles. The normalized spacial score (nSPS) is 54.3. The van der Waals surface area contributed by atoms with Crippen molar-refractivity contribution in [3.63, 3.8) is 0 Å². The summed E-state index contributed by atoms with van der Waals surface area (Å²) in [7, 11) is 0. The topological polar surface area (TPSA) is 35.5 Å². The maximum absolute atomic E-state index is 13.0. The fourth-order valence-corrected chi connectivity index (χ4v) is 10.3. The van der Waals surface area contributed by atoms with Gasteiger partial charge in [0.2, 0.25) is 0 Å². The molecule has 0 aromatic carbocycles. The third-order valence-corrected chi connectivity index (χ3v) is 11.5. The van der Waals surface area contributed by atoms with Crippen LogP contribution < -0.4 is 0 Å². The van der Waals surface area contributed by atoms with Gasteiger partial charge in [0.15, 0.2) is 6.79 Å². The lowest BCUT2D eigenvalue weighted by Gasteiger charge is -2.42.